The number of thioether (sulfide) groups is 1. The Labute approximate surface area is 161 Å². The van der Waals surface area contributed by atoms with Gasteiger partial charge in [0, 0.05) is 26.1 Å². The molecule has 0 saturated heterocycles. The van der Waals surface area contributed by atoms with Crippen molar-refractivity contribution in [2.75, 3.05) is 12.8 Å². The Bertz CT molecular complexity index is 776. The summed E-state index contributed by atoms with van der Waals surface area (Å²) in [5.74, 6) is 1.98. The van der Waals surface area contributed by atoms with E-state index in [1.54, 1.807) is 24.1 Å². The molecule has 1 aliphatic carbocycles. The molecular formula is C17H20Cl2N4OS. The predicted molar refractivity (Wildman–Crippen MR) is 101 cm³/mol. The lowest BCUT2D eigenvalue weighted by Crippen LogP contribution is -2.27. The SMILES string of the molecule is CCn1c(SCC(=O)N(C)Cc2ccc(Cl)c(Cl)c2)nnc1C1CC1. The Kier molecular flexibility index (Phi) is 5.92. The van der Waals surface area contributed by atoms with Gasteiger partial charge in [-0.25, -0.2) is 0 Å². The number of aromatic nitrogens is 3. The third-order valence-corrected chi connectivity index (χ3v) is 5.85. The van der Waals surface area contributed by atoms with Crippen molar-refractivity contribution in [3.8, 4) is 0 Å². The molecule has 3 rings (SSSR count). The van der Waals surface area contributed by atoms with E-state index in [2.05, 4.69) is 21.7 Å². The van der Waals surface area contributed by atoms with Crippen molar-refractivity contribution in [2.45, 2.75) is 43.9 Å². The zero-order valence-corrected chi connectivity index (χ0v) is 16.5. The van der Waals surface area contributed by atoms with Gasteiger partial charge in [-0.3, -0.25) is 4.79 Å². The summed E-state index contributed by atoms with van der Waals surface area (Å²) >= 11 is 13.4. The fourth-order valence-corrected chi connectivity index (χ4v) is 3.85. The standard InChI is InChI=1S/C17H20Cl2N4OS/c1-3-23-16(12-5-6-12)20-21-17(23)25-10-15(24)22(2)9-11-4-7-13(18)14(19)8-11/h4,7-8,12H,3,5-6,9-10H2,1-2H3. The van der Waals surface area contributed by atoms with Crippen LogP contribution >= 0.6 is 35.0 Å². The second kappa shape index (κ2) is 7.98. The summed E-state index contributed by atoms with van der Waals surface area (Å²) in [6, 6.07) is 5.41. The maximum atomic E-state index is 12.4. The average Bonchev–Trinajstić information content (AvgIpc) is 3.35. The molecule has 1 aliphatic rings. The van der Waals surface area contributed by atoms with E-state index in [1.807, 2.05) is 6.07 Å². The lowest BCUT2D eigenvalue weighted by Gasteiger charge is -2.17. The summed E-state index contributed by atoms with van der Waals surface area (Å²) in [4.78, 5) is 14.1. The van der Waals surface area contributed by atoms with Crippen molar-refractivity contribution in [3.05, 3.63) is 39.6 Å². The first-order chi connectivity index (χ1) is 12.0. The van der Waals surface area contributed by atoms with Crippen LogP contribution in [0.15, 0.2) is 23.4 Å². The van der Waals surface area contributed by atoms with Crippen LogP contribution in [-0.4, -0.2) is 38.4 Å². The number of rotatable bonds is 7. The number of hydrogen-bond acceptors (Lipinski definition) is 4. The van der Waals surface area contributed by atoms with Crippen molar-refractivity contribution < 1.29 is 4.79 Å². The largest absolute Gasteiger partial charge is 0.341 e. The maximum absolute atomic E-state index is 12.4. The molecule has 1 aromatic heterocycles. The van der Waals surface area contributed by atoms with E-state index in [9.17, 15) is 4.79 Å². The summed E-state index contributed by atoms with van der Waals surface area (Å²) in [5.41, 5.74) is 0.947. The summed E-state index contributed by atoms with van der Waals surface area (Å²) in [6.07, 6.45) is 2.38. The number of nitrogens with zero attached hydrogens (tertiary/aromatic N) is 4. The third-order valence-electron chi connectivity index (χ3n) is 4.16. The van der Waals surface area contributed by atoms with Crippen LogP contribution in [-0.2, 0) is 17.9 Å². The maximum Gasteiger partial charge on any atom is 0.233 e. The van der Waals surface area contributed by atoms with Crippen molar-refractivity contribution in [3.63, 3.8) is 0 Å². The molecule has 134 valence electrons. The molecule has 0 atom stereocenters. The van der Waals surface area contributed by atoms with Crippen LogP contribution in [0.1, 0.15) is 37.1 Å². The number of amides is 1. The van der Waals surface area contributed by atoms with Gasteiger partial charge in [-0.1, -0.05) is 41.0 Å². The van der Waals surface area contributed by atoms with Crippen molar-refractivity contribution in [1.82, 2.24) is 19.7 Å². The van der Waals surface area contributed by atoms with Crippen molar-refractivity contribution in [2.24, 2.45) is 0 Å². The van der Waals surface area contributed by atoms with Gasteiger partial charge in [-0.15, -0.1) is 10.2 Å². The van der Waals surface area contributed by atoms with Gasteiger partial charge in [0.1, 0.15) is 5.82 Å². The minimum Gasteiger partial charge on any atom is -0.341 e. The monoisotopic (exact) mass is 398 g/mol. The Hall–Kier alpha value is -1.24. The second-order valence-electron chi connectivity index (χ2n) is 6.15. The van der Waals surface area contributed by atoms with Crippen LogP contribution in [0, 0.1) is 0 Å². The van der Waals surface area contributed by atoms with Crippen LogP contribution < -0.4 is 0 Å². The molecule has 0 N–H and O–H groups in total. The number of hydrogen-bond donors (Lipinski definition) is 0. The Balaban J connectivity index is 1.57. The summed E-state index contributed by atoms with van der Waals surface area (Å²) in [6.45, 7) is 3.40. The Morgan fingerprint density at radius 1 is 1.32 bits per heavy atom. The van der Waals surface area contributed by atoms with E-state index >= 15 is 0 Å². The number of halogens is 2. The van der Waals surface area contributed by atoms with E-state index < -0.39 is 0 Å². The van der Waals surface area contributed by atoms with Crippen LogP contribution in [0.2, 0.25) is 10.0 Å². The minimum absolute atomic E-state index is 0.0368. The molecule has 0 aliphatic heterocycles. The molecule has 25 heavy (non-hydrogen) atoms. The Morgan fingerprint density at radius 3 is 2.72 bits per heavy atom. The molecule has 2 aromatic rings. The zero-order valence-electron chi connectivity index (χ0n) is 14.2. The van der Waals surface area contributed by atoms with Gasteiger partial charge in [0.25, 0.3) is 0 Å². The molecule has 1 fully saturated rings. The van der Waals surface area contributed by atoms with Gasteiger partial charge in [0.05, 0.1) is 15.8 Å². The molecule has 0 bridgehead atoms. The first-order valence-electron chi connectivity index (χ1n) is 8.23. The average molecular weight is 399 g/mol. The molecule has 1 amide bonds. The highest BCUT2D eigenvalue weighted by molar-refractivity contribution is 7.99. The van der Waals surface area contributed by atoms with Crippen molar-refractivity contribution >= 4 is 40.9 Å². The first-order valence-corrected chi connectivity index (χ1v) is 9.97. The topological polar surface area (TPSA) is 51.0 Å². The van der Waals surface area contributed by atoms with Crippen LogP contribution in [0.4, 0.5) is 0 Å². The van der Waals surface area contributed by atoms with E-state index in [-0.39, 0.29) is 5.91 Å². The summed E-state index contributed by atoms with van der Waals surface area (Å²) in [5, 5.41) is 10.4. The fourth-order valence-electron chi connectivity index (χ4n) is 2.58. The summed E-state index contributed by atoms with van der Waals surface area (Å²) < 4.78 is 2.12. The zero-order chi connectivity index (χ0) is 18.0. The molecule has 8 heteroatoms. The smallest absolute Gasteiger partial charge is 0.233 e. The molecule has 0 spiro atoms. The van der Waals surface area contributed by atoms with E-state index in [4.69, 9.17) is 23.2 Å². The lowest BCUT2D eigenvalue weighted by molar-refractivity contribution is -0.127. The first kappa shape index (κ1) is 18.5. The van der Waals surface area contributed by atoms with E-state index in [1.165, 1.54) is 24.6 Å². The van der Waals surface area contributed by atoms with Gasteiger partial charge in [0.2, 0.25) is 5.91 Å². The number of benzene rings is 1. The number of carbonyl (C=O) groups excluding carboxylic acids is 1. The molecule has 1 heterocycles. The highest BCUT2D eigenvalue weighted by atomic mass is 35.5. The Morgan fingerprint density at radius 2 is 2.08 bits per heavy atom. The molecule has 1 saturated carbocycles. The van der Waals surface area contributed by atoms with Gasteiger partial charge in [-0.05, 0) is 37.5 Å². The molecule has 0 radical (unpaired) electrons. The summed E-state index contributed by atoms with van der Waals surface area (Å²) in [7, 11) is 1.78. The van der Waals surface area contributed by atoms with Gasteiger partial charge in [-0.2, -0.15) is 0 Å². The normalized spacial score (nSPS) is 13.9. The van der Waals surface area contributed by atoms with Crippen LogP contribution in [0.5, 0.6) is 0 Å². The van der Waals surface area contributed by atoms with Gasteiger partial charge >= 0.3 is 0 Å². The predicted octanol–water partition coefficient (Wildman–Crippen LogP) is 4.23. The highest BCUT2D eigenvalue weighted by Crippen LogP contribution is 2.40. The second-order valence-corrected chi connectivity index (χ2v) is 7.90. The van der Waals surface area contributed by atoms with E-state index in [0.29, 0.717) is 28.3 Å². The molecular weight excluding hydrogens is 379 g/mol. The quantitative estimate of drug-likeness (QED) is 0.654. The fraction of sp³-hybridized carbons (Fsp3) is 0.471. The van der Waals surface area contributed by atoms with Crippen LogP contribution in [0.25, 0.3) is 0 Å². The molecule has 1 aromatic carbocycles. The lowest BCUT2D eigenvalue weighted by atomic mass is 10.2. The molecule has 0 unspecified atom stereocenters. The highest BCUT2D eigenvalue weighted by Gasteiger charge is 2.30. The molecule has 5 nitrogen and oxygen atoms in total. The number of carbonyl (C=O) groups is 1. The van der Waals surface area contributed by atoms with Crippen LogP contribution in [0.3, 0.4) is 0 Å². The van der Waals surface area contributed by atoms with Gasteiger partial charge in [0.15, 0.2) is 5.16 Å². The van der Waals surface area contributed by atoms with E-state index in [0.717, 1.165) is 23.1 Å². The minimum atomic E-state index is 0.0368. The third kappa shape index (κ3) is 4.49. The van der Waals surface area contributed by atoms with Crippen molar-refractivity contribution in [1.29, 1.82) is 0 Å². The van der Waals surface area contributed by atoms with Gasteiger partial charge < -0.3 is 9.47 Å².